The van der Waals surface area contributed by atoms with Crippen LogP contribution >= 0.6 is 0 Å². The molecule has 2 aromatic rings. The van der Waals surface area contributed by atoms with E-state index in [4.69, 9.17) is 10.5 Å². The van der Waals surface area contributed by atoms with Crippen LogP contribution in [0.4, 0.5) is 4.39 Å². The predicted octanol–water partition coefficient (Wildman–Crippen LogP) is 4.20. The largest absolute Gasteiger partial charge is 0.457 e. The Bertz CT molecular complexity index is 566. The first-order valence-electron chi connectivity index (χ1n) is 6.36. The molecule has 0 heterocycles. The average Bonchev–Trinajstić information content (AvgIpc) is 2.38. The normalized spacial score (nSPS) is 10.8. The lowest BCUT2D eigenvalue weighted by atomic mass is 10.0. The smallest absolute Gasteiger partial charge is 0.130 e. The number of ether oxygens (including phenoxy) is 1. The summed E-state index contributed by atoms with van der Waals surface area (Å²) < 4.78 is 19.1. The molecule has 0 saturated carbocycles. The zero-order valence-corrected chi connectivity index (χ0v) is 11.2. The molecule has 0 amide bonds. The van der Waals surface area contributed by atoms with Gasteiger partial charge in [-0.25, -0.2) is 4.39 Å². The van der Waals surface area contributed by atoms with Crippen molar-refractivity contribution in [1.82, 2.24) is 0 Å². The third-order valence-electron chi connectivity index (χ3n) is 2.93. The monoisotopic (exact) mass is 259 g/mol. The van der Waals surface area contributed by atoms with Gasteiger partial charge < -0.3 is 10.5 Å². The Morgan fingerprint density at radius 3 is 2.58 bits per heavy atom. The lowest BCUT2D eigenvalue weighted by molar-refractivity contribution is 0.474. The average molecular weight is 259 g/mol. The van der Waals surface area contributed by atoms with E-state index in [0.29, 0.717) is 24.0 Å². The van der Waals surface area contributed by atoms with E-state index in [1.54, 1.807) is 6.07 Å². The van der Waals surface area contributed by atoms with Gasteiger partial charge in [-0.05, 0) is 41.3 Å². The number of halogens is 1. The summed E-state index contributed by atoms with van der Waals surface area (Å²) in [6.07, 6.45) is 0. The highest BCUT2D eigenvalue weighted by molar-refractivity contribution is 5.37. The Balaban J connectivity index is 2.25. The Hall–Kier alpha value is -1.87. The fraction of sp³-hybridized carbons (Fsp3) is 0.250. The molecule has 0 unspecified atom stereocenters. The SMILES string of the molecule is CC(C)c1cccc(Oc2cc(F)cc(CN)c2)c1. The third-order valence-corrected chi connectivity index (χ3v) is 2.93. The van der Waals surface area contributed by atoms with Gasteiger partial charge in [0, 0.05) is 12.6 Å². The van der Waals surface area contributed by atoms with E-state index < -0.39 is 0 Å². The summed E-state index contributed by atoms with van der Waals surface area (Å²) in [5.41, 5.74) is 7.43. The first-order chi connectivity index (χ1) is 9.08. The summed E-state index contributed by atoms with van der Waals surface area (Å²) >= 11 is 0. The van der Waals surface area contributed by atoms with E-state index in [2.05, 4.69) is 19.9 Å². The lowest BCUT2D eigenvalue weighted by Gasteiger charge is -2.10. The number of hydrogen-bond acceptors (Lipinski definition) is 2. The Labute approximate surface area is 113 Å². The second kappa shape index (κ2) is 5.85. The van der Waals surface area contributed by atoms with E-state index in [9.17, 15) is 4.39 Å². The van der Waals surface area contributed by atoms with E-state index >= 15 is 0 Å². The molecular weight excluding hydrogens is 241 g/mol. The van der Waals surface area contributed by atoms with Gasteiger partial charge >= 0.3 is 0 Å². The van der Waals surface area contributed by atoms with E-state index in [0.717, 1.165) is 5.56 Å². The molecule has 0 fully saturated rings. The first kappa shape index (κ1) is 13.6. The van der Waals surface area contributed by atoms with Gasteiger partial charge in [0.15, 0.2) is 0 Å². The maximum absolute atomic E-state index is 13.4. The highest BCUT2D eigenvalue weighted by atomic mass is 19.1. The number of benzene rings is 2. The fourth-order valence-corrected chi connectivity index (χ4v) is 1.87. The molecule has 0 atom stereocenters. The zero-order chi connectivity index (χ0) is 13.8. The minimum absolute atomic E-state index is 0.292. The minimum atomic E-state index is -0.335. The molecule has 100 valence electrons. The van der Waals surface area contributed by atoms with Crippen LogP contribution < -0.4 is 10.5 Å². The Kier molecular flexibility index (Phi) is 4.17. The maximum Gasteiger partial charge on any atom is 0.130 e. The van der Waals surface area contributed by atoms with E-state index in [1.807, 2.05) is 18.2 Å². The molecule has 0 aromatic heterocycles. The van der Waals surface area contributed by atoms with Gasteiger partial charge in [-0.2, -0.15) is 0 Å². The molecule has 2 aromatic carbocycles. The van der Waals surface area contributed by atoms with Gasteiger partial charge in [-0.1, -0.05) is 26.0 Å². The van der Waals surface area contributed by atoms with Crippen LogP contribution in [-0.2, 0) is 6.54 Å². The van der Waals surface area contributed by atoms with Gasteiger partial charge in [0.05, 0.1) is 0 Å². The summed E-state index contributed by atoms with van der Waals surface area (Å²) in [6, 6.07) is 12.3. The van der Waals surface area contributed by atoms with Crippen LogP contribution in [0.25, 0.3) is 0 Å². The summed E-state index contributed by atoms with van der Waals surface area (Å²) in [4.78, 5) is 0. The molecule has 19 heavy (non-hydrogen) atoms. The molecule has 2 N–H and O–H groups in total. The highest BCUT2D eigenvalue weighted by Crippen LogP contribution is 2.26. The zero-order valence-electron chi connectivity index (χ0n) is 11.2. The molecular formula is C16H18FNO. The Morgan fingerprint density at radius 2 is 1.89 bits per heavy atom. The van der Waals surface area contributed by atoms with Crippen molar-refractivity contribution < 1.29 is 9.13 Å². The van der Waals surface area contributed by atoms with Crippen LogP contribution in [0, 0.1) is 5.82 Å². The highest BCUT2D eigenvalue weighted by Gasteiger charge is 2.05. The van der Waals surface area contributed by atoms with Crippen molar-refractivity contribution in [2.45, 2.75) is 26.3 Å². The van der Waals surface area contributed by atoms with Crippen molar-refractivity contribution in [3.63, 3.8) is 0 Å². The molecule has 2 rings (SSSR count). The van der Waals surface area contributed by atoms with Crippen LogP contribution in [0.15, 0.2) is 42.5 Å². The molecule has 0 aliphatic rings. The molecule has 0 spiro atoms. The molecule has 3 heteroatoms. The van der Waals surface area contributed by atoms with Gasteiger partial charge in [-0.3, -0.25) is 0 Å². The Morgan fingerprint density at radius 1 is 1.11 bits per heavy atom. The summed E-state index contributed by atoms with van der Waals surface area (Å²) in [7, 11) is 0. The van der Waals surface area contributed by atoms with Crippen molar-refractivity contribution in [3.8, 4) is 11.5 Å². The minimum Gasteiger partial charge on any atom is -0.457 e. The van der Waals surface area contributed by atoms with Crippen molar-refractivity contribution in [2.75, 3.05) is 0 Å². The van der Waals surface area contributed by atoms with Crippen LogP contribution in [0.2, 0.25) is 0 Å². The van der Waals surface area contributed by atoms with Crippen molar-refractivity contribution in [3.05, 3.63) is 59.4 Å². The fourth-order valence-electron chi connectivity index (χ4n) is 1.87. The quantitative estimate of drug-likeness (QED) is 0.893. The van der Waals surface area contributed by atoms with Crippen molar-refractivity contribution in [2.24, 2.45) is 5.73 Å². The topological polar surface area (TPSA) is 35.2 Å². The molecule has 0 aliphatic heterocycles. The summed E-state index contributed by atoms with van der Waals surface area (Å²) in [5, 5.41) is 0. The van der Waals surface area contributed by atoms with Gasteiger partial charge in [-0.15, -0.1) is 0 Å². The number of hydrogen-bond donors (Lipinski definition) is 1. The summed E-state index contributed by atoms with van der Waals surface area (Å²) in [6.45, 7) is 4.53. The van der Waals surface area contributed by atoms with Gasteiger partial charge in [0.25, 0.3) is 0 Å². The van der Waals surface area contributed by atoms with Crippen LogP contribution in [0.1, 0.15) is 30.9 Å². The molecule has 0 radical (unpaired) electrons. The van der Waals surface area contributed by atoms with Crippen molar-refractivity contribution in [1.29, 1.82) is 0 Å². The standard InChI is InChI=1S/C16H18FNO/c1-11(2)13-4-3-5-15(8-13)19-16-7-12(10-18)6-14(17)9-16/h3-9,11H,10,18H2,1-2H3. The summed E-state index contributed by atoms with van der Waals surface area (Å²) in [5.74, 6) is 1.27. The third kappa shape index (κ3) is 3.55. The molecule has 0 bridgehead atoms. The van der Waals surface area contributed by atoms with Crippen LogP contribution in [0.3, 0.4) is 0 Å². The van der Waals surface area contributed by atoms with E-state index in [1.165, 1.54) is 17.7 Å². The van der Waals surface area contributed by atoms with Gasteiger partial charge in [0.1, 0.15) is 17.3 Å². The lowest BCUT2D eigenvalue weighted by Crippen LogP contribution is -1.98. The van der Waals surface area contributed by atoms with Crippen molar-refractivity contribution >= 4 is 0 Å². The van der Waals surface area contributed by atoms with Gasteiger partial charge in [0.2, 0.25) is 0 Å². The maximum atomic E-state index is 13.4. The molecule has 0 aliphatic carbocycles. The number of nitrogens with two attached hydrogens (primary N) is 1. The predicted molar refractivity (Wildman–Crippen MR) is 74.9 cm³/mol. The number of rotatable bonds is 4. The van der Waals surface area contributed by atoms with Crippen LogP contribution in [0.5, 0.6) is 11.5 Å². The first-order valence-corrected chi connectivity index (χ1v) is 6.36. The van der Waals surface area contributed by atoms with E-state index in [-0.39, 0.29) is 5.82 Å². The second-order valence-corrected chi connectivity index (χ2v) is 4.83. The second-order valence-electron chi connectivity index (χ2n) is 4.83. The van der Waals surface area contributed by atoms with Crippen LogP contribution in [-0.4, -0.2) is 0 Å². The molecule has 0 saturated heterocycles. The molecule has 2 nitrogen and oxygen atoms in total.